The quantitative estimate of drug-likeness (QED) is 0.743. The van der Waals surface area contributed by atoms with Gasteiger partial charge in [-0.2, -0.15) is 0 Å². The van der Waals surface area contributed by atoms with Crippen LogP contribution in [0.25, 0.3) is 0 Å². The van der Waals surface area contributed by atoms with Crippen LogP contribution in [0.4, 0.5) is 0 Å². The van der Waals surface area contributed by atoms with Crippen LogP contribution in [0.2, 0.25) is 0 Å². The number of hydrogen-bond donors (Lipinski definition) is 1. The van der Waals surface area contributed by atoms with E-state index in [1.54, 1.807) is 24.3 Å². The predicted octanol–water partition coefficient (Wildman–Crippen LogP) is 2.96. The molecule has 1 aromatic carbocycles. The topological polar surface area (TPSA) is 55.4 Å². The van der Waals surface area contributed by atoms with Gasteiger partial charge in [0.1, 0.15) is 5.75 Å². The molecule has 1 aromatic rings. The summed E-state index contributed by atoms with van der Waals surface area (Å²) in [6, 6.07) is 7.04. The van der Waals surface area contributed by atoms with E-state index in [9.17, 15) is 9.59 Å². The van der Waals surface area contributed by atoms with E-state index >= 15 is 0 Å². The Morgan fingerprint density at radius 2 is 1.85 bits per heavy atom. The molecule has 0 aromatic heterocycles. The third-order valence-electron chi connectivity index (χ3n) is 3.00. The SMILES string of the molecule is CCCC(C)NC(=O)COc1ccc(C(=O)CC)cc1. The molecule has 0 spiro atoms. The summed E-state index contributed by atoms with van der Waals surface area (Å²) in [7, 11) is 0. The van der Waals surface area contributed by atoms with Crippen molar-refractivity contribution in [3.63, 3.8) is 0 Å². The largest absolute Gasteiger partial charge is 0.484 e. The molecule has 0 heterocycles. The second-order valence-electron chi connectivity index (χ2n) is 4.85. The third-order valence-corrected chi connectivity index (χ3v) is 3.00. The Bertz CT molecular complexity index is 440. The number of nitrogens with one attached hydrogen (secondary N) is 1. The lowest BCUT2D eigenvalue weighted by atomic mass is 10.1. The van der Waals surface area contributed by atoms with E-state index in [1.807, 2.05) is 13.8 Å². The van der Waals surface area contributed by atoms with Crippen LogP contribution in [0, 0.1) is 0 Å². The van der Waals surface area contributed by atoms with E-state index in [0.29, 0.717) is 17.7 Å². The van der Waals surface area contributed by atoms with Gasteiger partial charge >= 0.3 is 0 Å². The monoisotopic (exact) mass is 277 g/mol. The molecular weight excluding hydrogens is 254 g/mol. The summed E-state index contributed by atoms with van der Waals surface area (Å²) in [5.74, 6) is 0.568. The molecule has 1 unspecified atom stereocenters. The second-order valence-corrected chi connectivity index (χ2v) is 4.85. The highest BCUT2D eigenvalue weighted by molar-refractivity contribution is 5.95. The molecule has 0 saturated heterocycles. The molecular formula is C16H23NO3. The number of ether oxygens (including phenoxy) is 1. The summed E-state index contributed by atoms with van der Waals surface area (Å²) in [6.45, 7) is 5.88. The highest BCUT2D eigenvalue weighted by Crippen LogP contribution is 2.13. The van der Waals surface area contributed by atoms with Gasteiger partial charge in [0.15, 0.2) is 12.4 Å². The van der Waals surface area contributed by atoms with Gasteiger partial charge in [0.25, 0.3) is 5.91 Å². The fourth-order valence-corrected chi connectivity index (χ4v) is 1.91. The number of ketones is 1. The molecule has 1 N–H and O–H groups in total. The Balaban J connectivity index is 2.42. The molecule has 0 aliphatic heterocycles. The lowest BCUT2D eigenvalue weighted by molar-refractivity contribution is -0.123. The first-order chi connectivity index (χ1) is 9.56. The maximum absolute atomic E-state index is 11.6. The van der Waals surface area contributed by atoms with Crippen LogP contribution in [0.3, 0.4) is 0 Å². The highest BCUT2D eigenvalue weighted by Gasteiger charge is 2.08. The second kappa shape index (κ2) is 8.35. The summed E-state index contributed by atoms with van der Waals surface area (Å²) < 4.78 is 5.39. The smallest absolute Gasteiger partial charge is 0.258 e. The van der Waals surface area contributed by atoms with Crippen LogP contribution < -0.4 is 10.1 Å². The number of carbonyl (C=O) groups excluding carboxylic acids is 2. The summed E-state index contributed by atoms with van der Waals surface area (Å²) >= 11 is 0. The van der Waals surface area contributed by atoms with Gasteiger partial charge in [-0.3, -0.25) is 9.59 Å². The molecule has 0 fully saturated rings. The Morgan fingerprint density at radius 3 is 2.40 bits per heavy atom. The standard InChI is InChI=1S/C16H23NO3/c1-4-6-12(3)17-16(19)11-20-14-9-7-13(8-10-14)15(18)5-2/h7-10,12H,4-6,11H2,1-3H3,(H,17,19). The Morgan fingerprint density at radius 1 is 1.20 bits per heavy atom. The van der Waals surface area contributed by atoms with Crippen molar-refractivity contribution >= 4 is 11.7 Å². The van der Waals surface area contributed by atoms with E-state index in [1.165, 1.54) is 0 Å². The number of rotatable bonds is 8. The average molecular weight is 277 g/mol. The van der Waals surface area contributed by atoms with E-state index < -0.39 is 0 Å². The number of amides is 1. The fourth-order valence-electron chi connectivity index (χ4n) is 1.91. The number of carbonyl (C=O) groups is 2. The van der Waals surface area contributed by atoms with Crippen LogP contribution in [0.15, 0.2) is 24.3 Å². The van der Waals surface area contributed by atoms with Crippen molar-refractivity contribution in [3.8, 4) is 5.75 Å². The zero-order chi connectivity index (χ0) is 15.0. The van der Waals surface area contributed by atoms with Gasteiger partial charge in [0.05, 0.1) is 0 Å². The molecule has 0 bridgehead atoms. The van der Waals surface area contributed by atoms with Gasteiger partial charge in [0, 0.05) is 18.0 Å². The van der Waals surface area contributed by atoms with Gasteiger partial charge in [-0.15, -0.1) is 0 Å². The number of benzene rings is 1. The average Bonchev–Trinajstić information content (AvgIpc) is 2.45. The summed E-state index contributed by atoms with van der Waals surface area (Å²) in [4.78, 5) is 23.1. The predicted molar refractivity (Wildman–Crippen MR) is 79.1 cm³/mol. The van der Waals surface area contributed by atoms with Gasteiger partial charge < -0.3 is 10.1 Å². The molecule has 0 radical (unpaired) electrons. The van der Waals surface area contributed by atoms with E-state index in [-0.39, 0.29) is 24.3 Å². The molecule has 1 rings (SSSR count). The van der Waals surface area contributed by atoms with Crippen molar-refractivity contribution < 1.29 is 14.3 Å². The highest BCUT2D eigenvalue weighted by atomic mass is 16.5. The Labute approximate surface area is 120 Å². The van der Waals surface area contributed by atoms with E-state index in [2.05, 4.69) is 12.2 Å². The molecule has 0 saturated carbocycles. The van der Waals surface area contributed by atoms with Gasteiger partial charge in [0.2, 0.25) is 0 Å². The third kappa shape index (κ3) is 5.43. The van der Waals surface area contributed by atoms with Crippen molar-refractivity contribution in [2.45, 2.75) is 46.1 Å². The summed E-state index contributed by atoms with van der Waals surface area (Å²) in [5.41, 5.74) is 0.667. The van der Waals surface area contributed by atoms with Crippen LogP contribution >= 0.6 is 0 Å². The molecule has 0 aliphatic carbocycles. The minimum absolute atomic E-state index is 0.00484. The molecule has 20 heavy (non-hydrogen) atoms. The molecule has 110 valence electrons. The van der Waals surface area contributed by atoms with Gasteiger partial charge in [-0.25, -0.2) is 0 Å². The van der Waals surface area contributed by atoms with Crippen LogP contribution in [-0.2, 0) is 4.79 Å². The Kier molecular flexibility index (Phi) is 6.77. The first-order valence-corrected chi connectivity index (χ1v) is 7.12. The van der Waals surface area contributed by atoms with E-state index in [4.69, 9.17) is 4.74 Å². The summed E-state index contributed by atoms with van der Waals surface area (Å²) in [5, 5.41) is 2.87. The first-order valence-electron chi connectivity index (χ1n) is 7.12. The normalized spacial score (nSPS) is 11.8. The van der Waals surface area contributed by atoms with Crippen molar-refractivity contribution in [3.05, 3.63) is 29.8 Å². The number of hydrogen-bond acceptors (Lipinski definition) is 3. The van der Waals surface area contributed by atoms with Crippen LogP contribution in [-0.4, -0.2) is 24.3 Å². The van der Waals surface area contributed by atoms with Crippen LogP contribution in [0.1, 0.15) is 50.4 Å². The van der Waals surface area contributed by atoms with E-state index in [0.717, 1.165) is 12.8 Å². The molecule has 1 atom stereocenters. The molecule has 4 nitrogen and oxygen atoms in total. The van der Waals surface area contributed by atoms with Crippen molar-refractivity contribution in [2.75, 3.05) is 6.61 Å². The number of Topliss-reactive ketones (excluding diaryl/α,β-unsaturated/α-hetero) is 1. The lowest BCUT2D eigenvalue weighted by Crippen LogP contribution is -2.35. The van der Waals surface area contributed by atoms with Crippen LogP contribution in [0.5, 0.6) is 5.75 Å². The minimum atomic E-state index is -0.125. The lowest BCUT2D eigenvalue weighted by Gasteiger charge is -2.13. The van der Waals surface area contributed by atoms with Gasteiger partial charge in [-0.05, 0) is 37.6 Å². The molecule has 4 heteroatoms. The summed E-state index contributed by atoms with van der Waals surface area (Å²) in [6.07, 6.45) is 2.48. The zero-order valence-corrected chi connectivity index (χ0v) is 12.4. The maximum atomic E-state index is 11.6. The molecule has 0 aliphatic rings. The van der Waals surface area contributed by atoms with Gasteiger partial charge in [-0.1, -0.05) is 20.3 Å². The fraction of sp³-hybridized carbons (Fsp3) is 0.500. The minimum Gasteiger partial charge on any atom is -0.484 e. The van der Waals surface area contributed by atoms with Crippen molar-refractivity contribution in [1.82, 2.24) is 5.32 Å². The van der Waals surface area contributed by atoms with Crippen molar-refractivity contribution in [1.29, 1.82) is 0 Å². The van der Waals surface area contributed by atoms with Crippen molar-refractivity contribution in [2.24, 2.45) is 0 Å². The Hall–Kier alpha value is -1.84. The zero-order valence-electron chi connectivity index (χ0n) is 12.4. The maximum Gasteiger partial charge on any atom is 0.258 e. The first kappa shape index (κ1) is 16.2. The molecule has 1 amide bonds.